The molecule has 20 heavy (non-hydrogen) atoms. The number of alkyl halides is 1. The molecule has 1 amide bonds. The molecule has 0 bridgehead atoms. The van der Waals surface area contributed by atoms with E-state index in [1.807, 2.05) is 33.0 Å². The average Bonchev–Trinajstić information content (AvgIpc) is 2.79. The van der Waals surface area contributed by atoms with Crippen LogP contribution < -0.4 is 5.32 Å². The van der Waals surface area contributed by atoms with Gasteiger partial charge in [0.15, 0.2) is 0 Å². The Morgan fingerprint density at radius 2 is 2.05 bits per heavy atom. The zero-order valence-electron chi connectivity index (χ0n) is 11.9. The minimum atomic E-state index is -0.0955. The van der Waals surface area contributed by atoms with E-state index >= 15 is 0 Å². The summed E-state index contributed by atoms with van der Waals surface area (Å²) in [5.41, 5.74) is 3.71. The van der Waals surface area contributed by atoms with Crippen molar-refractivity contribution >= 4 is 17.5 Å². The molecule has 106 valence electrons. The third kappa shape index (κ3) is 3.02. The molecule has 0 radical (unpaired) electrons. The van der Waals surface area contributed by atoms with E-state index in [1.165, 1.54) is 0 Å². The predicted molar refractivity (Wildman–Crippen MR) is 79.8 cm³/mol. The largest absolute Gasteiger partial charge is 0.345 e. The first-order valence-corrected chi connectivity index (χ1v) is 7.00. The summed E-state index contributed by atoms with van der Waals surface area (Å²) in [5.74, 6) is 0.356. The van der Waals surface area contributed by atoms with Crippen molar-refractivity contribution in [2.75, 3.05) is 0 Å². The van der Waals surface area contributed by atoms with Gasteiger partial charge in [-0.1, -0.05) is 12.1 Å². The fraction of sp³-hybridized carbons (Fsp3) is 0.333. The lowest BCUT2D eigenvalue weighted by Crippen LogP contribution is -2.26. The Hall–Kier alpha value is -1.81. The van der Waals surface area contributed by atoms with Crippen molar-refractivity contribution in [3.8, 4) is 0 Å². The number of amides is 1. The summed E-state index contributed by atoms with van der Waals surface area (Å²) in [5, 5.41) is 7.17. The molecule has 0 aliphatic rings. The highest BCUT2D eigenvalue weighted by molar-refractivity contribution is 6.17. The van der Waals surface area contributed by atoms with Crippen molar-refractivity contribution in [3.63, 3.8) is 0 Å². The number of nitrogens with one attached hydrogen (secondary N) is 1. The van der Waals surface area contributed by atoms with Gasteiger partial charge >= 0.3 is 0 Å². The van der Waals surface area contributed by atoms with Crippen LogP contribution in [0.3, 0.4) is 0 Å². The number of aromatic nitrogens is 2. The van der Waals surface area contributed by atoms with Crippen LogP contribution in [0.15, 0.2) is 30.5 Å². The highest BCUT2D eigenvalue weighted by Crippen LogP contribution is 2.17. The van der Waals surface area contributed by atoms with Gasteiger partial charge < -0.3 is 5.32 Å². The van der Waals surface area contributed by atoms with E-state index in [-0.39, 0.29) is 11.9 Å². The van der Waals surface area contributed by atoms with Gasteiger partial charge in [0.1, 0.15) is 0 Å². The molecule has 1 atom stereocenters. The van der Waals surface area contributed by atoms with Crippen molar-refractivity contribution in [2.45, 2.75) is 25.8 Å². The molecule has 0 aliphatic heterocycles. The number of benzene rings is 1. The number of hydrogen-bond acceptors (Lipinski definition) is 2. The van der Waals surface area contributed by atoms with Gasteiger partial charge in [-0.15, -0.1) is 11.6 Å². The van der Waals surface area contributed by atoms with Gasteiger partial charge in [-0.2, -0.15) is 5.10 Å². The van der Waals surface area contributed by atoms with E-state index in [9.17, 15) is 4.79 Å². The normalized spacial score (nSPS) is 12.2. The second-order valence-electron chi connectivity index (χ2n) is 4.83. The Bertz CT molecular complexity index is 604. The SMILES string of the molecule is Cc1c(C(C)NC(=O)c2ccc(CCl)cc2)cnn1C. The van der Waals surface area contributed by atoms with Crippen LogP contribution in [0.1, 0.15) is 40.1 Å². The van der Waals surface area contributed by atoms with Crippen molar-refractivity contribution < 1.29 is 4.79 Å². The van der Waals surface area contributed by atoms with Gasteiger partial charge in [-0.3, -0.25) is 9.48 Å². The fourth-order valence-electron chi connectivity index (χ4n) is 2.04. The number of hydrogen-bond donors (Lipinski definition) is 1. The van der Waals surface area contributed by atoms with Crippen LogP contribution in [0.25, 0.3) is 0 Å². The molecule has 0 saturated carbocycles. The molecule has 2 rings (SSSR count). The fourth-order valence-corrected chi connectivity index (χ4v) is 2.22. The molecular formula is C15H18ClN3O. The second-order valence-corrected chi connectivity index (χ2v) is 5.10. The van der Waals surface area contributed by atoms with E-state index in [4.69, 9.17) is 11.6 Å². The van der Waals surface area contributed by atoms with E-state index in [0.29, 0.717) is 11.4 Å². The third-order valence-electron chi connectivity index (χ3n) is 3.46. The molecule has 1 N–H and O–H groups in total. The minimum Gasteiger partial charge on any atom is -0.345 e. The topological polar surface area (TPSA) is 46.9 Å². The van der Waals surface area contributed by atoms with Crippen LogP contribution in [0.5, 0.6) is 0 Å². The Morgan fingerprint density at radius 1 is 1.40 bits per heavy atom. The molecule has 1 aromatic heterocycles. The molecular weight excluding hydrogens is 274 g/mol. The summed E-state index contributed by atoms with van der Waals surface area (Å²) >= 11 is 5.73. The number of nitrogens with zero attached hydrogens (tertiary/aromatic N) is 2. The molecule has 0 aliphatic carbocycles. The maximum Gasteiger partial charge on any atom is 0.251 e. The summed E-state index contributed by atoms with van der Waals surface area (Å²) in [7, 11) is 1.89. The van der Waals surface area contributed by atoms with Gasteiger partial charge in [0, 0.05) is 29.7 Å². The molecule has 1 heterocycles. The number of carbonyl (C=O) groups excluding carboxylic acids is 1. The van der Waals surface area contributed by atoms with Gasteiger partial charge in [0.2, 0.25) is 0 Å². The van der Waals surface area contributed by atoms with Crippen molar-refractivity contribution in [2.24, 2.45) is 7.05 Å². The minimum absolute atomic E-state index is 0.0797. The number of carbonyl (C=O) groups is 1. The first kappa shape index (κ1) is 14.6. The van der Waals surface area contributed by atoms with Gasteiger partial charge in [-0.25, -0.2) is 0 Å². The Morgan fingerprint density at radius 3 is 2.55 bits per heavy atom. The van der Waals surface area contributed by atoms with Crippen LogP contribution >= 0.6 is 11.6 Å². The summed E-state index contributed by atoms with van der Waals surface area (Å²) in [4.78, 5) is 12.2. The number of rotatable bonds is 4. The van der Waals surface area contributed by atoms with Crippen molar-refractivity contribution in [1.82, 2.24) is 15.1 Å². The highest BCUT2D eigenvalue weighted by Gasteiger charge is 2.15. The standard InChI is InChI=1S/C15H18ClN3O/c1-10(14-9-17-19(3)11(14)2)18-15(20)13-6-4-12(8-16)5-7-13/h4-7,9-10H,8H2,1-3H3,(H,18,20). The van der Waals surface area contributed by atoms with Gasteiger partial charge in [0.05, 0.1) is 12.2 Å². The maximum atomic E-state index is 12.2. The van der Waals surface area contributed by atoms with E-state index in [1.54, 1.807) is 23.0 Å². The number of halogens is 1. The Kier molecular flexibility index (Phi) is 4.45. The predicted octanol–water partition coefficient (Wildman–Crippen LogP) is 2.96. The zero-order valence-corrected chi connectivity index (χ0v) is 12.6. The lowest BCUT2D eigenvalue weighted by atomic mass is 10.1. The molecule has 2 aromatic rings. The average molecular weight is 292 g/mol. The third-order valence-corrected chi connectivity index (χ3v) is 3.77. The molecule has 0 saturated heterocycles. The van der Waals surface area contributed by atoms with Gasteiger partial charge in [0.25, 0.3) is 5.91 Å². The zero-order chi connectivity index (χ0) is 14.7. The van der Waals surface area contributed by atoms with E-state index in [2.05, 4.69) is 10.4 Å². The second kappa shape index (κ2) is 6.09. The Balaban J connectivity index is 2.08. The van der Waals surface area contributed by atoms with E-state index in [0.717, 1.165) is 16.8 Å². The smallest absolute Gasteiger partial charge is 0.251 e. The molecule has 1 unspecified atom stereocenters. The molecule has 0 fully saturated rings. The van der Waals surface area contributed by atoms with Gasteiger partial charge in [-0.05, 0) is 31.5 Å². The number of aryl methyl sites for hydroxylation is 1. The molecule has 4 nitrogen and oxygen atoms in total. The van der Waals surface area contributed by atoms with Crippen LogP contribution in [-0.4, -0.2) is 15.7 Å². The molecule has 5 heteroatoms. The molecule has 0 spiro atoms. The van der Waals surface area contributed by atoms with Crippen LogP contribution in [0.4, 0.5) is 0 Å². The lowest BCUT2D eigenvalue weighted by Gasteiger charge is -2.14. The summed E-state index contributed by atoms with van der Waals surface area (Å²) in [6.07, 6.45) is 1.79. The summed E-state index contributed by atoms with van der Waals surface area (Å²) < 4.78 is 1.80. The first-order chi connectivity index (χ1) is 9.52. The summed E-state index contributed by atoms with van der Waals surface area (Å²) in [6, 6.07) is 7.22. The first-order valence-electron chi connectivity index (χ1n) is 6.47. The van der Waals surface area contributed by atoms with Crippen molar-refractivity contribution in [1.29, 1.82) is 0 Å². The maximum absolute atomic E-state index is 12.2. The van der Waals surface area contributed by atoms with Crippen LogP contribution in [0, 0.1) is 6.92 Å². The van der Waals surface area contributed by atoms with Crippen molar-refractivity contribution in [3.05, 3.63) is 52.8 Å². The van der Waals surface area contributed by atoms with E-state index < -0.39 is 0 Å². The molecule has 1 aromatic carbocycles. The van der Waals surface area contributed by atoms with Crippen LogP contribution in [0.2, 0.25) is 0 Å². The van der Waals surface area contributed by atoms with Crippen LogP contribution in [-0.2, 0) is 12.9 Å². The monoisotopic (exact) mass is 291 g/mol. The Labute approximate surface area is 123 Å². The lowest BCUT2D eigenvalue weighted by molar-refractivity contribution is 0.0940. The highest BCUT2D eigenvalue weighted by atomic mass is 35.5. The quantitative estimate of drug-likeness (QED) is 0.881. The summed E-state index contributed by atoms with van der Waals surface area (Å²) in [6.45, 7) is 3.94.